The lowest BCUT2D eigenvalue weighted by atomic mass is 10.1. The van der Waals surface area contributed by atoms with Crippen molar-refractivity contribution in [2.45, 2.75) is 0 Å². The largest absolute Gasteiger partial charge is 0.310 e. The van der Waals surface area contributed by atoms with E-state index in [1.807, 2.05) is 36.8 Å². The highest BCUT2D eigenvalue weighted by Crippen LogP contribution is 2.39. The van der Waals surface area contributed by atoms with Crippen molar-refractivity contribution in [2.24, 2.45) is 0 Å². The second-order valence-electron chi connectivity index (χ2n) is 14.6. The lowest BCUT2D eigenvalue weighted by Crippen LogP contribution is -2.10. The summed E-state index contributed by atoms with van der Waals surface area (Å²) in [5.74, 6) is 0. The second-order valence-corrected chi connectivity index (χ2v) is 14.6. The Labute approximate surface area is 332 Å². The number of aromatic nitrogens is 6. The van der Waals surface area contributed by atoms with Gasteiger partial charge in [0.15, 0.2) is 0 Å². The summed E-state index contributed by atoms with van der Waals surface area (Å²) in [5, 5.41) is 6.98. The average Bonchev–Trinajstić information content (AvgIpc) is 3.93. The zero-order valence-corrected chi connectivity index (χ0v) is 31.2. The Morgan fingerprint density at radius 2 is 0.552 bits per heavy atom. The first-order chi connectivity index (χ1) is 28.8. The smallest absolute Gasteiger partial charge is 0.145 e. The van der Waals surface area contributed by atoms with Crippen LogP contribution in [0.4, 0.5) is 17.1 Å². The van der Waals surface area contributed by atoms with Gasteiger partial charge in [-0.05, 0) is 127 Å². The zero-order valence-electron chi connectivity index (χ0n) is 31.2. The Morgan fingerprint density at radius 3 is 0.862 bits per heavy atom. The summed E-state index contributed by atoms with van der Waals surface area (Å²) in [6, 6.07) is 64.4. The van der Waals surface area contributed by atoms with Gasteiger partial charge in [-0.2, -0.15) is 0 Å². The van der Waals surface area contributed by atoms with Crippen molar-refractivity contribution in [3.05, 3.63) is 201 Å². The van der Waals surface area contributed by atoms with Crippen LogP contribution in [0.2, 0.25) is 0 Å². The molecule has 58 heavy (non-hydrogen) atoms. The minimum absolute atomic E-state index is 0.943. The van der Waals surface area contributed by atoms with Gasteiger partial charge in [-0.3, -0.25) is 13.7 Å². The third-order valence-electron chi connectivity index (χ3n) is 11.4. The zero-order chi connectivity index (χ0) is 38.2. The van der Waals surface area contributed by atoms with E-state index in [9.17, 15) is 0 Å². The highest BCUT2D eigenvalue weighted by atomic mass is 15.1. The van der Waals surface area contributed by atoms with Crippen LogP contribution in [0.25, 0.3) is 82.9 Å². The molecule has 7 heteroatoms. The molecule has 0 unspecified atom stereocenters. The summed E-state index contributed by atoms with van der Waals surface area (Å²) in [4.78, 5) is 16.8. The maximum absolute atomic E-state index is 4.82. The predicted octanol–water partition coefficient (Wildman–Crippen LogP) is 12.6. The molecule has 0 aliphatic rings. The van der Waals surface area contributed by atoms with E-state index in [0.29, 0.717) is 0 Å². The van der Waals surface area contributed by atoms with E-state index < -0.39 is 0 Å². The minimum atomic E-state index is 0.943. The number of hydrogen-bond acceptors (Lipinski definition) is 4. The van der Waals surface area contributed by atoms with Gasteiger partial charge in [-0.25, -0.2) is 15.0 Å². The lowest BCUT2D eigenvalue weighted by molar-refractivity contribution is 1.12. The minimum Gasteiger partial charge on any atom is -0.310 e. The Morgan fingerprint density at radius 1 is 0.276 bits per heavy atom. The maximum Gasteiger partial charge on any atom is 0.145 e. The Balaban J connectivity index is 0.996. The molecule has 0 radical (unpaired) electrons. The van der Waals surface area contributed by atoms with Crippen molar-refractivity contribution in [3.63, 3.8) is 0 Å². The molecule has 6 aromatic carbocycles. The number of anilines is 3. The van der Waals surface area contributed by atoms with Gasteiger partial charge >= 0.3 is 0 Å². The molecule has 12 rings (SSSR count). The van der Waals surface area contributed by atoms with Gasteiger partial charge < -0.3 is 4.90 Å². The van der Waals surface area contributed by atoms with E-state index in [1.165, 1.54) is 16.2 Å². The van der Waals surface area contributed by atoms with E-state index in [1.54, 1.807) is 0 Å². The molecule has 6 heterocycles. The van der Waals surface area contributed by atoms with Crippen LogP contribution in [-0.4, -0.2) is 28.7 Å². The normalized spacial score (nSPS) is 11.8. The first kappa shape index (κ1) is 32.2. The standard InChI is InChI=1S/C51H33N7/c1-4-16-46-40(10-1)43-13-7-31-52-49(43)56(46)37-25-19-34(20-26-37)55(35-21-27-38(28-22-35)57-47-17-5-2-11-41(47)44-14-8-32-53-50(44)57)36-23-29-39(30-24-36)58-48-18-6-3-12-42(48)45-15-9-33-54-51(45)58/h1-33H. The fourth-order valence-corrected chi connectivity index (χ4v) is 8.87. The molecule has 12 aromatic rings. The quantitative estimate of drug-likeness (QED) is 0.170. The van der Waals surface area contributed by atoms with E-state index in [2.05, 4.69) is 182 Å². The van der Waals surface area contributed by atoms with E-state index in [0.717, 1.165) is 83.8 Å². The predicted molar refractivity (Wildman–Crippen MR) is 238 cm³/mol. The van der Waals surface area contributed by atoms with Crippen LogP contribution in [0, 0.1) is 0 Å². The molecule has 0 saturated carbocycles. The molecule has 0 aliphatic heterocycles. The van der Waals surface area contributed by atoms with Crippen molar-refractivity contribution in [3.8, 4) is 17.1 Å². The number of nitrogens with zero attached hydrogens (tertiary/aromatic N) is 7. The van der Waals surface area contributed by atoms with Crippen LogP contribution in [0.1, 0.15) is 0 Å². The van der Waals surface area contributed by atoms with Gasteiger partial charge in [0.05, 0.1) is 16.6 Å². The highest BCUT2D eigenvalue weighted by molar-refractivity contribution is 6.09. The van der Waals surface area contributed by atoms with Gasteiger partial charge in [-0.15, -0.1) is 0 Å². The molecule has 0 spiro atoms. The molecule has 272 valence electrons. The summed E-state index contributed by atoms with van der Waals surface area (Å²) in [6.45, 7) is 0. The molecular formula is C51H33N7. The SMILES string of the molecule is c1ccc2c(c1)c1cccnc1n2-c1ccc(N(c2ccc(-n3c4ccccc4c4cccnc43)cc2)c2ccc(-n3c4ccccc4c4cccnc43)cc2)cc1. The molecule has 0 atom stereocenters. The molecule has 0 aliphatic carbocycles. The summed E-state index contributed by atoms with van der Waals surface area (Å²) in [5.41, 5.74) is 12.5. The van der Waals surface area contributed by atoms with Crippen LogP contribution < -0.4 is 4.90 Å². The number of benzene rings is 6. The van der Waals surface area contributed by atoms with Crippen molar-refractivity contribution < 1.29 is 0 Å². The monoisotopic (exact) mass is 743 g/mol. The summed E-state index contributed by atoms with van der Waals surface area (Å²) >= 11 is 0. The summed E-state index contributed by atoms with van der Waals surface area (Å²) in [7, 11) is 0. The van der Waals surface area contributed by atoms with Crippen LogP contribution in [0.15, 0.2) is 201 Å². The van der Waals surface area contributed by atoms with Gasteiger partial charge in [-0.1, -0.05) is 54.6 Å². The first-order valence-electron chi connectivity index (χ1n) is 19.4. The van der Waals surface area contributed by atoms with Crippen molar-refractivity contribution >= 4 is 82.9 Å². The van der Waals surface area contributed by atoms with Crippen molar-refractivity contribution in [1.29, 1.82) is 0 Å². The second kappa shape index (κ2) is 12.8. The fraction of sp³-hybridized carbons (Fsp3) is 0. The Kier molecular flexibility index (Phi) is 7.09. The number of fused-ring (bicyclic) bond motifs is 9. The third kappa shape index (κ3) is 4.83. The molecule has 6 aromatic heterocycles. The summed E-state index contributed by atoms with van der Waals surface area (Å²) < 4.78 is 6.76. The van der Waals surface area contributed by atoms with Crippen molar-refractivity contribution in [2.75, 3.05) is 4.90 Å². The molecule has 7 nitrogen and oxygen atoms in total. The Hall–Kier alpha value is -8.03. The Bertz CT molecular complexity index is 2970. The summed E-state index contributed by atoms with van der Waals surface area (Å²) in [6.07, 6.45) is 5.60. The van der Waals surface area contributed by atoms with E-state index >= 15 is 0 Å². The topological polar surface area (TPSA) is 56.7 Å². The van der Waals surface area contributed by atoms with Crippen LogP contribution in [-0.2, 0) is 0 Å². The van der Waals surface area contributed by atoms with Gasteiger partial charge in [0, 0.05) is 85.0 Å². The fourth-order valence-electron chi connectivity index (χ4n) is 8.87. The van der Waals surface area contributed by atoms with Crippen LogP contribution >= 0.6 is 0 Å². The molecule has 0 fully saturated rings. The maximum atomic E-state index is 4.82. The number of para-hydroxylation sites is 3. The highest BCUT2D eigenvalue weighted by Gasteiger charge is 2.19. The van der Waals surface area contributed by atoms with Gasteiger partial charge in [0.25, 0.3) is 0 Å². The van der Waals surface area contributed by atoms with Gasteiger partial charge in [0.2, 0.25) is 0 Å². The van der Waals surface area contributed by atoms with Crippen LogP contribution in [0.3, 0.4) is 0 Å². The number of rotatable bonds is 6. The molecule has 0 saturated heterocycles. The molecule has 0 amide bonds. The van der Waals surface area contributed by atoms with E-state index in [4.69, 9.17) is 15.0 Å². The van der Waals surface area contributed by atoms with E-state index in [-0.39, 0.29) is 0 Å². The van der Waals surface area contributed by atoms with Crippen molar-refractivity contribution in [1.82, 2.24) is 28.7 Å². The molecule has 0 bridgehead atoms. The number of hydrogen-bond donors (Lipinski definition) is 0. The van der Waals surface area contributed by atoms with Gasteiger partial charge in [0.1, 0.15) is 16.9 Å². The lowest BCUT2D eigenvalue weighted by Gasteiger charge is -2.26. The molecular weight excluding hydrogens is 711 g/mol. The first-order valence-corrected chi connectivity index (χ1v) is 19.4. The third-order valence-corrected chi connectivity index (χ3v) is 11.4. The molecule has 0 N–H and O–H groups in total. The van der Waals surface area contributed by atoms with Crippen LogP contribution in [0.5, 0.6) is 0 Å². The average molecular weight is 744 g/mol. The number of pyridine rings is 3.